The van der Waals surface area contributed by atoms with Gasteiger partial charge < -0.3 is 15.4 Å². The van der Waals surface area contributed by atoms with Crippen LogP contribution >= 0.6 is 0 Å². The number of amides is 2. The fraction of sp³-hybridized carbons (Fsp3) is 0.769. The molecule has 0 aliphatic rings. The second kappa shape index (κ2) is 8.50. The Morgan fingerprint density at radius 1 is 1.26 bits per heavy atom. The molecule has 2 amide bonds. The van der Waals surface area contributed by atoms with Crippen molar-refractivity contribution in [3.63, 3.8) is 0 Å². The summed E-state index contributed by atoms with van der Waals surface area (Å²) in [5.41, 5.74) is -0.573. The van der Waals surface area contributed by atoms with E-state index in [2.05, 4.69) is 10.6 Å². The highest BCUT2D eigenvalue weighted by atomic mass is 16.6. The van der Waals surface area contributed by atoms with Gasteiger partial charge in [-0.05, 0) is 40.0 Å². The molecule has 1 unspecified atom stereocenters. The SMILES string of the molecule is CC(=O)NCCCCC(NC=O)C(=O)OC(C)(C)C. The first-order valence-corrected chi connectivity index (χ1v) is 6.43. The van der Waals surface area contributed by atoms with E-state index in [1.165, 1.54) is 6.92 Å². The molecule has 1 atom stereocenters. The van der Waals surface area contributed by atoms with Gasteiger partial charge in [0, 0.05) is 13.5 Å². The number of hydrogen-bond acceptors (Lipinski definition) is 4. The lowest BCUT2D eigenvalue weighted by atomic mass is 10.1. The maximum Gasteiger partial charge on any atom is 0.329 e. The van der Waals surface area contributed by atoms with Crippen molar-refractivity contribution in [2.24, 2.45) is 0 Å². The van der Waals surface area contributed by atoms with E-state index < -0.39 is 17.6 Å². The molecular weight excluding hydrogens is 248 g/mol. The first-order chi connectivity index (χ1) is 8.76. The standard InChI is InChI=1S/C13H24N2O4/c1-10(17)14-8-6-5-7-11(15-9-16)12(18)19-13(2,3)4/h9,11H,5-8H2,1-4H3,(H,14,17)(H,15,16). The fourth-order valence-corrected chi connectivity index (χ4v) is 1.46. The number of nitrogens with one attached hydrogen (secondary N) is 2. The highest BCUT2D eigenvalue weighted by Gasteiger charge is 2.24. The maximum absolute atomic E-state index is 11.8. The highest BCUT2D eigenvalue weighted by molar-refractivity contribution is 5.78. The molecule has 0 saturated heterocycles. The number of hydrogen-bond donors (Lipinski definition) is 2. The van der Waals surface area contributed by atoms with Crippen molar-refractivity contribution >= 4 is 18.3 Å². The van der Waals surface area contributed by atoms with E-state index in [1.807, 2.05) is 0 Å². The minimum absolute atomic E-state index is 0.0743. The Hall–Kier alpha value is -1.59. The summed E-state index contributed by atoms with van der Waals surface area (Å²) >= 11 is 0. The third-order valence-electron chi connectivity index (χ3n) is 2.25. The van der Waals surface area contributed by atoms with Crippen LogP contribution in [0.3, 0.4) is 0 Å². The van der Waals surface area contributed by atoms with Crippen LogP contribution in [0.15, 0.2) is 0 Å². The van der Waals surface area contributed by atoms with Gasteiger partial charge in [0.05, 0.1) is 0 Å². The molecule has 0 rings (SSSR count). The minimum Gasteiger partial charge on any atom is -0.458 e. The van der Waals surface area contributed by atoms with E-state index in [9.17, 15) is 14.4 Å². The van der Waals surface area contributed by atoms with Gasteiger partial charge in [0.25, 0.3) is 0 Å². The Bertz CT molecular complexity index is 310. The lowest BCUT2D eigenvalue weighted by Crippen LogP contribution is -2.40. The topological polar surface area (TPSA) is 84.5 Å². The fourth-order valence-electron chi connectivity index (χ4n) is 1.46. The van der Waals surface area contributed by atoms with Gasteiger partial charge in [-0.1, -0.05) is 0 Å². The van der Waals surface area contributed by atoms with Crippen LogP contribution in [0.1, 0.15) is 47.0 Å². The Balaban J connectivity index is 4.07. The van der Waals surface area contributed by atoms with Crippen LogP contribution in [0, 0.1) is 0 Å². The summed E-state index contributed by atoms with van der Waals surface area (Å²) in [4.78, 5) is 33.0. The van der Waals surface area contributed by atoms with Gasteiger partial charge in [0.2, 0.25) is 12.3 Å². The van der Waals surface area contributed by atoms with Crippen molar-refractivity contribution in [2.45, 2.75) is 58.6 Å². The molecule has 0 bridgehead atoms. The normalized spacial score (nSPS) is 12.4. The number of unbranched alkanes of at least 4 members (excludes halogenated alkanes) is 1. The van der Waals surface area contributed by atoms with Gasteiger partial charge in [-0.25, -0.2) is 4.79 Å². The third-order valence-corrected chi connectivity index (χ3v) is 2.25. The number of ether oxygens (including phenoxy) is 1. The summed E-state index contributed by atoms with van der Waals surface area (Å²) < 4.78 is 5.22. The minimum atomic E-state index is -0.631. The van der Waals surface area contributed by atoms with Crippen LogP contribution in [0.25, 0.3) is 0 Å². The van der Waals surface area contributed by atoms with Crippen LogP contribution in [0.4, 0.5) is 0 Å². The molecule has 19 heavy (non-hydrogen) atoms. The monoisotopic (exact) mass is 272 g/mol. The van der Waals surface area contributed by atoms with Crippen LogP contribution in [0.5, 0.6) is 0 Å². The lowest BCUT2D eigenvalue weighted by Gasteiger charge is -2.23. The zero-order valence-electron chi connectivity index (χ0n) is 12.1. The van der Waals surface area contributed by atoms with E-state index in [-0.39, 0.29) is 5.91 Å². The van der Waals surface area contributed by atoms with Crippen molar-refractivity contribution in [3.05, 3.63) is 0 Å². The largest absolute Gasteiger partial charge is 0.458 e. The van der Waals surface area contributed by atoms with Gasteiger partial charge in [-0.2, -0.15) is 0 Å². The molecule has 0 spiro atoms. The van der Waals surface area contributed by atoms with Gasteiger partial charge in [-0.15, -0.1) is 0 Å². The third kappa shape index (κ3) is 10.1. The molecule has 0 aromatic carbocycles. The molecule has 6 heteroatoms. The van der Waals surface area contributed by atoms with Crippen molar-refractivity contribution < 1.29 is 19.1 Å². The second-order valence-corrected chi connectivity index (χ2v) is 5.35. The van der Waals surface area contributed by atoms with Crippen molar-refractivity contribution in [1.82, 2.24) is 10.6 Å². The summed E-state index contributed by atoms with van der Waals surface area (Å²) in [6.45, 7) is 7.36. The van der Waals surface area contributed by atoms with E-state index in [1.54, 1.807) is 20.8 Å². The van der Waals surface area contributed by atoms with Crippen LogP contribution < -0.4 is 10.6 Å². The molecule has 6 nitrogen and oxygen atoms in total. The predicted molar refractivity (Wildman–Crippen MR) is 71.4 cm³/mol. The van der Waals surface area contributed by atoms with E-state index >= 15 is 0 Å². The lowest BCUT2D eigenvalue weighted by molar-refractivity contribution is -0.158. The molecule has 0 saturated carbocycles. The van der Waals surface area contributed by atoms with Crippen LogP contribution in [-0.2, 0) is 19.1 Å². The van der Waals surface area contributed by atoms with Crippen molar-refractivity contribution in [3.8, 4) is 0 Å². The molecule has 0 heterocycles. The average Bonchev–Trinajstić information content (AvgIpc) is 2.24. The van der Waals surface area contributed by atoms with Gasteiger partial charge in [0.1, 0.15) is 11.6 Å². The molecule has 0 aromatic rings. The number of esters is 1. The number of carbonyl (C=O) groups excluding carboxylic acids is 3. The second-order valence-electron chi connectivity index (χ2n) is 5.35. The first-order valence-electron chi connectivity index (χ1n) is 6.43. The summed E-state index contributed by atoms with van der Waals surface area (Å²) in [5.74, 6) is -0.506. The first kappa shape index (κ1) is 17.4. The van der Waals surface area contributed by atoms with Crippen molar-refractivity contribution in [1.29, 1.82) is 0 Å². The van der Waals surface area contributed by atoms with E-state index in [0.29, 0.717) is 25.8 Å². The zero-order chi connectivity index (χ0) is 14.9. The summed E-state index contributed by atoms with van der Waals surface area (Å²) in [5, 5.41) is 5.14. The van der Waals surface area contributed by atoms with Gasteiger partial charge in [0.15, 0.2) is 0 Å². The Morgan fingerprint density at radius 2 is 1.89 bits per heavy atom. The molecule has 0 aliphatic heterocycles. The zero-order valence-corrected chi connectivity index (χ0v) is 12.1. The van der Waals surface area contributed by atoms with E-state index in [4.69, 9.17) is 4.74 Å². The highest BCUT2D eigenvalue weighted by Crippen LogP contribution is 2.11. The number of rotatable bonds is 8. The smallest absolute Gasteiger partial charge is 0.329 e. The Kier molecular flexibility index (Phi) is 7.79. The molecule has 2 N–H and O–H groups in total. The molecule has 0 aromatic heterocycles. The van der Waals surface area contributed by atoms with Crippen LogP contribution in [-0.4, -0.2) is 36.5 Å². The average molecular weight is 272 g/mol. The summed E-state index contributed by atoms with van der Waals surface area (Å²) in [6, 6.07) is -0.631. The summed E-state index contributed by atoms with van der Waals surface area (Å²) in [7, 11) is 0. The van der Waals surface area contributed by atoms with Crippen LogP contribution in [0.2, 0.25) is 0 Å². The predicted octanol–water partition coefficient (Wildman–Crippen LogP) is 0.749. The quantitative estimate of drug-likeness (QED) is 0.388. The Morgan fingerprint density at radius 3 is 2.37 bits per heavy atom. The molecular formula is C13H24N2O4. The molecule has 0 radical (unpaired) electrons. The summed E-state index contributed by atoms with van der Waals surface area (Å²) in [6.07, 6.45) is 2.46. The maximum atomic E-state index is 11.8. The molecule has 110 valence electrons. The van der Waals surface area contributed by atoms with Crippen molar-refractivity contribution in [2.75, 3.05) is 6.54 Å². The molecule has 0 fully saturated rings. The van der Waals surface area contributed by atoms with Gasteiger partial charge in [-0.3, -0.25) is 9.59 Å². The Labute approximate surface area is 114 Å². The number of carbonyl (C=O) groups is 3. The van der Waals surface area contributed by atoms with E-state index in [0.717, 1.165) is 6.42 Å². The molecule has 0 aliphatic carbocycles. The van der Waals surface area contributed by atoms with Gasteiger partial charge >= 0.3 is 5.97 Å².